The molecule has 0 radical (unpaired) electrons. The van der Waals surface area contributed by atoms with Crippen molar-refractivity contribution in [2.45, 2.75) is 50.9 Å². The summed E-state index contributed by atoms with van der Waals surface area (Å²) >= 11 is 0. The quantitative estimate of drug-likeness (QED) is 0.858. The Kier molecular flexibility index (Phi) is 4.83. The molecule has 1 atom stereocenters. The van der Waals surface area contributed by atoms with Gasteiger partial charge in [0.25, 0.3) is 0 Å². The first-order valence-electron chi connectivity index (χ1n) is 8.78. The van der Waals surface area contributed by atoms with E-state index in [0.29, 0.717) is 13.1 Å². The molecule has 1 aromatic carbocycles. The first-order chi connectivity index (χ1) is 11.4. The zero-order valence-electron chi connectivity index (χ0n) is 14.9. The van der Waals surface area contributed by atoms with Crippen LogP contribution in [-0.4, -0.2) is 48.4 Å². The molecule has 1 spiro atoms. The first-order valence-corrected chi connectivity index (χ1v) is 8.78. The van der Waals surface area contributed by atoms with Crippen molar-refractivity contribution in [1.82, 2.24) is 10.2 Å². The fraction of sp³-hybridized carbons (Fsp3) is 0.632. The van der Waals surface area contributed by atoms with Gasteiger partial charge in [0, 0.05) is 26.2 Å². The van der Waals surface area contributed by atoms with Gasteiger partial charge in [-0.05, 0) is 39.2 Å². The number of morpholine rings is 1. The van der Waals surface area contributed by atoms with E-state index in [1.165, 1.54) is 5.56 Å². The maximum Gasteiger partial charge on any atom is 0.410 e. The van der Waals surface area contributed by atoms with Crippen LogP contribution in [0.2, 0.25) is 0 Å². The molecule has 2 aliphatic heterocycles. The van der Waals surface area contributed by atoms with E-state index in [2.05, 4.69) is 17.4 Å². The maximum atomic E-state index is 12.2. The van der Waals surface area contributed by atoms with Gasteiger partial charge in [-0.15, -0.1) is 0 Å². The zero-order valence-corrected chi connectivity index (χ0v) is 14.9. The highest BCUT2D eigenvalue weighted by Crippen LogP contribution is 2.35. The molecule has 1 aromatic rings. The van der Waals surface area contributed by atoms with Crippen molar-refractivity contribution in [3.63, 3.8) is 0 Å². The minimum absolute atomic E-state index is 0.0769. The molecular formula is C19H28N2O3. The number of likely N-dealkylation sites (tertiary alicyclic amines) is 1. The van der Waals surface area contributed by atoms with E-state index >= 15 is 0 Å². The highest BCUT2D eigenvalue weighted by atomic mass is 16.6. The Bertz CT molecular complexity index is 560. The van der Waals surface area contributed by atoms with E-state index in [1.807, 2.05) is 39.0 Å². The highest BCUT2D eigenvalue weighted by Gasteiger charge is 2.42. The Morgan fingerprint density at radius 1 is 1.25 bits per heavy atom. The van der Waals surface area contributed by atoms with Gasteiger partial charge in [-0.2, -0.15) is 0 Å². The molecule has 132 valence electrons. The molecule has 2 aliphatic rings. The molecule has 24 heavy (non-hydrogen) atoms. The molecule has 0 aliphatic carbocycles. The number of hydrogen-bond donors (Lipinski definition) is 1. The van der Waals surface area contributed by atoms with Crippen LogP contribution in [0.5, 0.6) is 0 Å². The monoisotopic (exact) mass is 332 g/mol. The van der Waals surface area contributed by atoms with E-state index in [9.17, 15) is 4.79 Å². The molecule has 2 fully saturated rings. The van der Waals surface area contributed by atoms with Gasteiger partial charge in [-0.3, -0.25) is 0 Å². The third-order valence-electron chi connectivity index (χ3n) is 4.67. The van der Waals surface area contributed by atoms with Gasteiger partial charge in [0.15, 0.2) is 0 Å². The molecule has 0 aromatic heterocycles. The van der Waals surface area contributed by atoms with Crippen LogP contribution in [-0.2, 0) is 9.47 Å². The van der Waals surface area contributed by atoms with Gasteiger partial charge in [-0.25, -0.2) is 4.79 Å². The SMILES string of the molecule is CC(C)(C)OC(=O)N1CCC2(CC1)CNCC(c1ccccc1)O2. The smallest absolute Gasteiger partial charge is 0.410 e. The van der Waals surface area contributed by atoms with Crippen LogP contribution in [0.15, 0.2) is 30.3 Å². The second-order valence-corrected chi connectivity index (χ2v) is 7.80. The second kappa shape index (κ2) is 6.73. The molecule has 0 saturated carbocycles. The summed E-state index contributed by atoms with van der Waals surface area (Å²) in [6, 6.07) is 10.3. The Labute approximate surface area is 144 Å². The number of amides is 1. The van der Waals surface area contributed by atoms with Crippen molar-refractivity contribution >= 4 is 6.09 Å². The Morgan fingerprint density at radius 3 is 2.54 bits per heavy atom. The molecule has 1 unspecified atom stereocenters. The molecule has 5 heteroatoms. The second-order valence-electron chi connectivity index (χ2n) is 7.80. The van der Waals surface area contributed by atoms with Crippen LogP contribution >= 0.6 is 0 Å². The van der Waals surface area contributed by atoms with Crippen molar-refractivity contribution in [2.75, 3.05) is 26.2 Å². The maximum absolute atomic E-state index is 12.2. The van der Waals surface area contributed by atoms with E-state index < -0.39 is 5.60 Å². The summed E-state index contributed by atoms with van der Waals surface area (Å²) in [7, 11) is 0. The van der Waals surface area contributed by atoms with E-state index in [4.69, 9.17) is 9.47 Å². The number of carbonyl (C=O) groups is 1. The predicted octanol–water partition coefficient (Wildman–Crippen LogP) is 3.12. The van der Waals surface area contributed by atoms with Crippen molar-refractivity contribution in [1.29, 1.82) is 0 Å². The Balaban J connectivity index is 1.59. The number of hydrogen-bond acceptors (Lipinski definition) is 4. The largest absolute Gasteiger partial charge is 0.444 e. The van der Waals surface area contributed by atoms with Crippen molar-refractivity contribution in [3.05, 3.63) is 35.9 Å². The molecule has 3 rings (SSSR count). The molecule has 5 nitrogen and oxygen atoms in total. The number of benzene rings is 1. The lowest BCUT2D eigenvalue weighted by Gasteiger charge is -2.46. The van der Waals surface area contributed by atoms with Gasteiger partial charge >= 0.3 is 6.09 Å². The lowest BCUT2D eigenvalue weighted by molar-refractivity contribution is -0.142. The average molecular weight is 332 g/mol. The van der Waals surface area contributed by atoms with Crippen LogP contribution < -0.4 is 5.32 Å². The number of nitrogens with zero attached hydrogens (tertiary/aromatic N) is 1. The predicted molar refractivity (Wildman–Crippen MR) is 92.9 cm³/mol. The molecule has 1 amide bonds. The summed E-state index contributed by atoms with van der Waals surface area (Å²) in [4.78, 5) is 14.0. The molecule has 2 saturated heterocycles. The van der Waals surface area contributed by atoms with Crippen LogP contribution in [0.1, 0.15) is 45.3 Å². The van der Waals surface area contributed by atoms with Crippen LogP contribution in [0.3, 0.4) is 0 Å². The lowest BCUT2D eigenvalue weighted by Crippen LogP contribution is -2.57. The number of rotatable bonds is 1. The van der Waals surface area contributed by atoms with Crippen LogP contribution in [0.25, 0.3) is 0 Å². The van der Waals surface area contributed by atoms with Crippen LogP contribution in [0.4, 0.5) is 4.79 Å². The summed E-state index contributed by atoms with van der Waals surface area (Å²) < 4.78 is 12.0. The number of carbonyl (C=O) groups excluding carboxylic acids is 1. The third kappa shape index (κ3) is 4.08. The first kappa shape index (κ1) is 17.2. The van der Waals surface area contributed by atoms with E-state index in [0.717, 1.165) is 25.9 Å². The molecule has 2 heterocycles. The van der Waals surface area contributed by atoms with Gasteiger partial charge in [-0.1, -0.05) is 30.3 Å². The summed E-state index contributed by atoms with van der Waals surface area (Å²) in [5.74, 6) is 0. The van der Waals surface area contributed by atoms with E-state index in [-0.39, 0.29) is 17.8 Å². The minimum Gasteiger partial charge on any atom is -0.444 e. The zero-order chi connectivity index (χ0) is 17.2. The van der Waals surface area contributed by atoms with Crippen molar-refractivity contribution < 1.29 is 14.3 Å². The van der Waals surface area contributed by atoms with Crippen LogP contribution in [0, 0.1) is 0 Å². The topological polar surface area (TPSA) is 50.8 Å². The van der Waals surface area contributed by atoms with Crippen molar-refractivity contribution in [3.8, 4) is 0 Å². The van der Waals surface area contributed by atoms with Gasteiger partial charge < -0.3 is 19.7 Å². The summed E-state index contributed by atoms with van der Waals surface area (Å²) in [6.45, 7) is 8.73. The number of nitrogens with one attached hydrogen (secondary N) is 1. The average Bonchev–Trinajstić information content (AvgIpc) is 2.55. The number of piperidine rings is 1. The summed E-state index contributed by atoms with van der Waals surface area (Å²) in [6.07, 6.45) is 1.53. The fourth-order valence-electron chi connectivity index (χ4n) is 3.39. The van der Waals surface area contributed by atoms with Crippen molar-refractivity contribution in [2.24, 2.45) is 0 Å². The third-order valence-corrected chi connectivity index (χ3v) is 4.67. The molecule has 1 N–H and O–H groups in total. The number of ether oxygens (including phenoxy) is 2. The Morgan fingerprint density at radius 2 is 1.92 bits per heavy atom. The minimum atomic E-state index is -0.451. The lowest BCUT2D eigenvalue weighted by atomic mass is 9.89. The molecule has 0 bridgehead atoms. The van der Waals surface area contributed by atoms with E-state index in [1.54, 1.807) is 4.90 Å². The standard InChI is InChI=1S/C19H28N2O3/c1-18(2,3)24-17(22)21-11-9-19(10-12-21)14-20-13-16(23-19)15-7-5-4-6-8-15/h4-8,16,20H,9-14H2,1-3H3. The fourth-order valence-corrected chi connectivity index (χ4v) is 3.39. The van der Waals surface area contributed by atoms with Gasteiger partial charge in [0.05, 0.1) is 11.7 Å². The molecular weight excluding hydrogens is 304 g/mol. The van der Waals surface area contributed by atoms with Gasteiger partial charge in [0.2, 0.25) is 0 Å². The Hall–Kier alpha value is -1.59. The highest BCUT2D eigenvalue weighted by molar-refractivity contribution is 5.68. The normalized spacial score (nSPS) is 24.0. The summed E-state index contributed by atoms with van der Waals surface area (Å²) in [5.41, 5.74) is 0.573. The van der Waals surface area contributed by atoms with Gasteiger partial charge in [0.1, 0.15) is 5.60 Å². The summed E-state index contributed by atoms with van der Waals surface area (Å²) in [5, 5.41) is 3.52.